The van der Waals surface area contributed by atoms with E-state index in [0.717, 1.165) is 9.13 Å². The average Bonchev–Trinajstić information content (AvgIpc) is 2.28. The molecule has 0 radical (unpaired) electrons. The van der Waals surface area contributed by atoms with E-state index in [4.69, 9.17) is 9.84 Å². The molecule has 1 rings (SSSR count). The molecule has 0 aliphatic heterocycles. The van der Waals surface area contributed by atoms with E-state index in [9.17, 15) is 9.59 Å². The monoisotopic (exact) mass is 525 g/mol. The Morgan fingerprint density at radius 3 is 2.24 bits per heavy atom. The van der Waals surface area contributed by atoms with Gasteiger partial charge in [-0.2, -0.15) is 0 Å². The number of hydrogen-bond acceptors (Lipinski definition) is 3. The van der Waals surface area contributed by atoms with Gasteiger partial charge >= 0.3 is 81.0 Å². The predicted octanol–water partition coefficient (Wildman–Crippen LogP) is 2.16. The number of ether oxygens (including phenoxy) is 1. The summed E-state index contributed by atoms with van der Waals surface area (Å²) >= 11 is 2.17. The molecule has 0 aliphatic rings. The average molecular weight is 525 g/mol. The number of carboxylic acids is 1. The van der Waals surface area contributed by atoms with Gasteiger partial charge in [0.1, 0.15) is 11.6 Å². The number of halogens is 1. The van der Waals surface area contributed by atoms with Crippen LogP contribution < -0.4 is 5.32 Å². The van der Waals surface area contributed by atoms with Crippen LogP contribution in [-0.4, -0.2) is 97.7 Å². The SMILES string of the molecule is CC(C)(C)OC(=O)NC(Cc1ccc(I)cc1)C(=O)O.[CsH]. The summed E-state index contributed by atoms with van der Waals surface area (Å²) in [5, 5.41) is 11.5. The molecular weight excluding hydrogens is 506 g/mol. The van der Waals surface area contributed by atoms with Gasteiger partial charge in [-0.05, 0) is 61.1 Å². The fourth-order valence-corrected chi connectivity index (χ4v) is 1.87. The molecule has 0 bridgehead atoms. The van der Waals surface area contributed by atoms with Crippen LogP contribution in [0.15, 0.2) is 24.3 Å². The third-order valence-corrected chi connectivity index (χ3v) is 3.06. The van der Waals surface area contributed by atoms with Crippen molar-refractivity contribution in [3.8, 4) is 0 Å². The van der Waals surface area contributed by atoms with E-state index in [1.807, 2.05) is 24.3 Å². The number of carbonyl (C=O) groups excluding carboxylic acids is 1. The Morgan fingerprint density at radius 1 is 1.29 bits per heavy atom. The first-order chi connectivity index (χ1) is 9.17. The van der Waals surface area contributed by atoms with Gasteiger partial charge in [-0.1, -0.05) is 12.1 Å². The van der Waals surface area contributed by atoms with Gasteiger partial charge in [-0.15, -0.1) is 0 Å². The van der Waals surface area contributed by atoms with Crippen molar-refractivity contribution in [3.63, 3.8) is 0 Å². The Morgan fingerprint density at radius 2 is 1.81 bits per heavy atom. The van der Waals surface area contributed by atoms with E-state index >= 15 is 0 Å². The van der Waals surface area contributed by atoms with Gasteiger partial charge in [-0.3, -0.25) is 0 Å². The number of benzene rings is 1. The first-order valence-electron chi connectivity index (χ1n) is 6.14. The van der Waals surface area contributed by atoms with Crippen molar-refractivity contribution in [3.05, 3.63) is 33.4 Å². The van der Waals surface area contributed by atoms with Crippen LogP contribution in [-0.2, 0) is 16.0 Å². The van der Waals surface area contributed by atoms with Gasteiger partial charge in [0.2, 0.25) is 0 Å². The molecule has 0 aromatic heterocycles. The predicted molar refractivity (Wildman–Crippen MR) is 90.8 cm³/mol. The molecule has 1 atom stereocenters. The Labute approximate surface area is 197 Å². The quantitative estimate of drug-likeness (QED) is 0.592. The molecule has 0 saturated heterocycles. The van der Waals surface area contributed by atoms with E-state index in [0.29, 0.717) is 0 Å². The Bertz CT molecular complexity index is 485. The van der Waals surface area contributed by atoms with Crippen molar-refractivity contribution in [1.82, 2.24) is 5.32 Å². The molecule has 1 unspecified atom stereocenters. The van der Waals surface area contributed by atoms with Crippen molar-refractivity contribution < 1.29 is 19.4 Å². The summed E-state index contributed by atoms with van der Waals surface area (Å²) in [6, 6.07) is 6.46. The molecule has 1 aromatic rings. The number of hydrogen-bond donors (Lipinski definition) is 2. The molecule has 0 saturated carbocycles. The number of amides is 1. The maximum atomic E-state index is 11.6. The first kappa shape index (κ1) is 21.7. The number of aliphatic carboxylic acids is 1. The van der Waals surface area contributed by atoms with Crippen LogP contribution in [0.5, 0.6) is 0 Å². The number of carboxylic acid groups (broad SMARTS) is 1. The van der Waals surface area contributed by atoms with E-state index in [1.54, 1.807) is 20.8 Å². The van der Waals surface area contributed by atoms with Crippen LogP contribution in [0.25, 0.3) is 0 Å². The van der Waals surface area contributed by atoms with Gasteiger partial charge in [0, 0.05) is 9.99 Å². The van der Waals surface area contributed by atoms with E-state index in [-0.39, 0.29) is 75.3 Å². The zero-order valence-corrected chi connectivity index (χ0v) is 13.8. The van der Waals surface area contributed by atoms with Crippen LogP contribution in [0.1, 0.15) is 26.3 Å². The molecule has 0 fully saturated rings. The number of alkyl carbamates (subject to hydrolysis) is 1. The van der Waals surface area contributed by atoms with Crippen LogP contribution in [0, 0.1) is 3.57 Å². The van der Waals surface area contributed by atoms with Crippen molar-refractivity contribution in [1.29, 1.82) is 0 Å². The minimum atomic E-state index is -1.09. The number of carbonyl (C=O) groups is 2. The van der Waals surface area contributed by atoms with Crippen LogP contribution in [0.3, 0.4) is 0 Å². The summed E-state index contributed by atoms with van der Waals surface area (Å²) in [5.74, 6) is -1.09. The molecule has 2 N–H and O–H groups in total. The van der Waals surface area contributed by atoms with Crippen LogP contribution >= 0.6 is 22.6 Å². The van der Waals surface area contributed by atoms with Gasteiger partial charge in [-0.25, -0.2) is 9.59 Å². The van der Waals surface area contributed by atoms with Gasteiger partial charge in [0.25, 0.3) is 0 Å². The molecule has 0 heterocycles. The molecule has 7 heteroatoms. The van der Waals surface area contributed by atoms with Crippen molar-refractivity contribution in [2.24, 2.45) is 0 Å². The Hall–Kier alpha value is 0.742. The van der Waals surface area contributed by atoms with Gasteiger partial charge < -0.3 is 15.2 Å². The Balaban J connectivity index is 0.00000400. The van der Waals surface area contributed by atoms with Crippen molar-refractivity contribution >= 4 is 104 Å². The van der Waals surface area contributed by atoms with E-state index in [2.05, 4.69) is 27.9 Å². The normalized spacial score (nSPS) is 12.0. The van der Waals surface area contributed by atoms with Gasteiger partial charge in [0.05, 0.1) is 0 Å². The number of nitrogens with one attached hydrogen (secondary N) is 1. The molecule has 0 aliphatic carbocycles. The van der Waals surface area contributed by atoms with E-state index in [1.165, 1.54) is 0 Å². The summed E-state index contributed by atoms with van der Waals surface area (Å²) in [6.07, 6.45) is -0.513. The van der Waals surface area contributed by atoms with Crippen LogP contribution in [0.2, 0.25) is 0 Å². The second-order valence-electron chi connectivity index (χ2n) is 5.37. The minimum absolute atomic E-state index is 0. The summed E-state index contributed by atoms with van der Waals surface area (Å²) in [4.78, 5) is 22.8. The fourth-order valence-electron chi connectivity index (χ4n) is 1.51. The maximum absolute atomic E-state index is 11.6. The number of rotatable bonds is 4. The summed E-state index contributed by atoms with van der Waals surface area (Å²) < 4.78 is 6.13. The zero-order valence-electron chi connectivity index (χ0n) is 11.6. The third kappa shape index (κ3) is 9.47. The second-order valence-corrected chi connectivity index (χ2v) is 6.61. The Kier molecular flexibility index (Phi) is 10.1. The zero-order chi connectivity index (χ0) is 15.3. The molecule has 1 amide bonds. The first-order valence-corrected chi connectivity index (χ1v) is 7.22. The standard InChI is InChI=1S/C14H18INO4.Cs.H/c1-14(2,3)20-13(19)16-11(12(17)18)8-9-4-6-10(15)7-5-9;;/h4-7,11H,8H2,1-3H3,(H,16,19)(H,17,18);;. The van der Waals surface area contributed by atoms with Crippen molar-refractivity contribution in [2.45, 2.75) is 38.8 Å². The summed E-state index contributed by atoms with van der Waals surface area (Å²) in [5.41, 5.74) is 0.185. The topological polar surface area (TPSA) is 75.6 Å². The summed E-state index contributed by atoms with van der Waals surface area (Å²) in [7, 11) is 0. The van der Waals surface area contributed by atoms with Gasteiger partial charge in [0.15, 0.2) is 0 Å². The third-order valence-electron chi connectivity index (χ3n) is 2.34. The second kappa shape index (κ2) is 9.79. The van der Waals surface area contributed by atoms with Crippen molar-refractivity contribution in [2.75, 3.05) is 0 Å². The molecule has 0 spiro atoms. The molecule has 5 nitrogen and oxygen atoms in total. The molecule has 112 valence electrons. The molecule has 21 heavy (non-hydrogen) atoms. The van der Waals surface area contributed by atoms with E-state index < -0.39 is 23.7 Å². The molecule has 1 aromatic carbocycles. The fraction of sp³-hybridized carbons (Fsp3) is 0.429. The molecular formula is C14H19CsINO4. The summed E-state index contributed by atoms with van der Waals surface area (Å²) in [6.45, 7) is 5.17. The van der Waals surface area contributed by atoms with Crippen LogP contribution in [0.4, 0.5) is 4.79 Å².